The van der Waals surface area contributed by atoms with Crippen LogP contribution in [0.25, 0.3) is 11.0 Å². The maximum Gasteiger partial charge on any atom is 0.384 e. The number of carbonyl (C=O) groups excluding carboxylic acids is 1. The Bertz CT molecular complexity index is 1020. The third-order valence-corrected chi connectivity index (χ3v) is 4.43. The first-order valence-corrected chi connectivity index (χ1v) is 7.99. The molecule has 0 radical (unpaired) electrons. The summed E-state index contributed by atoms with van der Waals surface area (Å²) in [5.74, 6) is -1.22. The molecule has 2 aromatic carbocycles. The number of rotatable bonds is 2. The van der Waals surface area contributed by atoms with E-state index in [0.717, 1.165) is 0 Å². The smallest absolute Gasteiger partial charge is 0.354 e. The Morgan fingerprint density at radius 1 is 1.24 bits per heavy atom. The summed E-state index contributed by atoms with van der Waals surface area (Å²) in [6, 6.07) is 4.43. The summed E-state index contributed by atoms with van der Waals surface area (Å²) in [4.78, 5) is 15.9. The van der Waals surface area contributed by atoms with Gasteiger partial charge in [0.1, 0.15) is 0 Å². The van der Waals surface area contributed by atoms with E-state index < -0.39 is 18.4 Å². The minimum Gasteiger partial charge on any atom is -0.354 e. The highest BCUT2D eigenvalue weighted by Crippen LogP contribution is 2.36. The zero-order chi connectivity index (χ0) is 17.8. The molecule has 0 bridgehead atoms. The summed E-state index contributed by atoms with van der Waals surface area (Å²) in [6.45, 7) is -0.445. The van der Waals surface area contributed by atoms with E-state index in [2.05, 4.69) is 10.3 Å². The van der Waals surface area contributed by atoms with E-state index in [1.54, 1.807) is 24.3 Å². The van der Waals surface area contributed by atoms with Crippen LogP contribution >= 0.6 is 23.2 Å². The van der Waals surface area contributed by atoms with Gasteiger partial charge >= 0.3 is 6.05 Å². The fourth-order valence-electron chi connectivity index (χ4n) is 2.74. The Kier molecular flexibility index (Phi) is 3.59. The molecule has 5 nitrogen and oxygen atoms in total. The van der Waals surface area contributed by atoms with Crippen molar-refractivity contribution in [2.45, 2.75) is 12.6 Å². The standard InChI is InChI=1S/C16H10Cl2F2N4O/c17-8-1-2-11(10(18)3-8)22-9-4-12-15-13(5-9)23-16(19,20)14(25)6-24(15)7-21-12/h1-5,7,22-23H,6H2. The molecule has 0 fully saturated rings. The number of ketones is 1. The fraction of sp³-hybridized carbons (Fsp3) is 0.125. The Morgan fingerprint density at radius 3 is 2.80 bits per heavy atom. The van der Waals surface area contributed by atoms with Crippen molar-refractivity contribution < 1.29 is 13.6 Å². The number of nitrogens with zero attached hydrogens (tertiary/aromatic N) is 2. The molecule has 2 heterocycles. The predicted molar refractivity (Wildman–Crippen MR) is 93.1 cm³/mol. The zero-order valence-electron chi connectivity index (χ0n) is 12.5. The zero-order valence-corrected chi connectivity index (χ0v) is 14.0. The quantitative estimate of drug-likeness (QED) is 0.632. The van der Waals surface area contributed by atoms with Gasteiger partial charge in [-0.15, -0.1) is 0 Å². The number of hydrogen-bond donors (Lipinski definition) is 2. The van der Waals surface area contributed by atoms with E-state index in [4.69, 9.17) is 23.2 Å². The van der Waals surface area contributed by atoms with Crippen molar-refractivity contribution >= 4 is 57.1 Å². The summed E-state index contributed by atoms with van der Waals surface area (Å²) in [5, 5.41) is 5.93. The van der Waals surface area contributed by atoms with Crippen LogP contribution < -0.4 is 10.6 Å². The number of carbonyl (C=O) groups is 1. The maximum atomic E-state index is 13.9. The highest BCUT2D eigenvalue weighted by atomic mass is 35.5. The number of benzene rings is 2. The molecule has 9 heteroatoms. The van der Waals surface area contributed by atoms with E-state index >= 15 is 0 Å². The SMILES string of the molecule is O=C1Cn2cnc3cc(Nc4ccc(Cl)cc4Cl)cc(c32)NC1(F)F. The largest absolute Gasteiger partial charge is 0.384 e. The van der Waals surface area contributed by atoms with Gasteiger partial charge in [-0.05, 0) is 30.3 Å². The lowest BCUT2D eigenvalue weighted by Gasteiger charge is -2.16. The number of alkyl halides is 2. The number of Topliss-reactive ketones (excluding diaryl/α,β-unsaturated/α-hetero) is 1. The maximum absolute atomic E-state index is 13.9. The van der Waals surface area contributed by atoms with Crippen LogP contribution in [0.15, 0.2) is 36.7 Å². The van der Waals surface area contributed by atoms with Gasteiger partial charge in [0.05, 0.1) is 40.3 Å². The molecule has 25 heavy (non-hydrogen) atoms. The predicted octanol–water partition coefficient (Wildman–Crippen LogP) is 4.67. The van der Waals surface area contributed by atoms with Gasteiger partial charge in [0.15, 0.2) is 0 Å². The molecular weight excluding hydrogens is 373 g/mol. The number of anilines is 3. The summed E-state index contributed by atoms with van der Waals surface area (Å²) in [6.07, 6.45) is 1.37. The molecule has 3 aromatic rings. The van der Waals surface area contributed by atoms with Crippen LogP contribution in [-0.4, -0.2) is 21.4 Å². The van der Waals surface area contributed by atoms with Gasteiger partial charge in [-0.2, -0.15) is 8.78 Å². The molecule has 1 aromatic heterocycles. The second-order valence-corrected chi connectivity index (χ2v) is 6.48. The van der Waals surface area contributed by atoms with Crippen LogP contribution in [-0.2, 0) is 11.3 Å². The van der Waals surface area contributed by atoms with Crippen LogP contribution in [0.5, 0.6) is 0 Å². The Morgan fingerprint density at radius 2 is 2.04 bits per heavy atom. The molecule has 0 atom stereocenters. The van der Waals surface area contributed by atoms with E-state index in [-0.39, 0.29) is 5.69 Å². The molecule has 0 amide bonds. The van der Waals surface area contributed by atoms with E-state index in [9.17, 15) is 13.6 Å². The summed E-state index contributed by atoms with van der Waals surface area (Å²) in [7, 11) is 0. The molecule has 0 unspecified atom stereocenters. The monoisotopic (exact) mass is 382 g/mol. The lowest BCUT2D eigenvalue weighted by molar-refractivity contribution is -0.139. The van der Waals surface area contributed by atoms with E-state index in [0.29, 0.717) is 32.5 Å². The van der Waals surface area contributed by atoms with Gasteiger partial charge in [-0.25, -0.2) is 4.98 Å². The van der Waals surface area contributed by atoms with Gasteiger partial charge in [0, 0.05) is 10.7 Å². The molecule has 0 saturated heterocycles. The second kappa shape index (κ2) is 5.57. The fourth-order valence-corrected chi connectivity index (χ4v) is 3.19. The molecule has 2 N–H and O–H groups in total. The van der Waals surface area contributed by atoms with Gasteiger partial charge in [0.25, 0.3) is 0 Å². The summed E-state index contributed by atoms with van der Waals surface area (Å²) < 4.78 is 29.3. The van der Waals surface area contributed by atoms with E-state index in [1.165, 1.54) is 17.0 Å². The highest BCUT2D eigenvalue weighted by molar-refractivity contribution is 6.36. The van der Waals surface area contributed by atoms with Crippen LogP contribution in [0.2, 0.25) is 10.0 Å². The minimum absolute atomic E-state index is 0.110. The first-order chi connectivity index (χ1) is 11.8. The molecule has 1 aliphatic rings. The first kappa shape index (κ1) is 16.1. The molecule has 4 rings (SSSR count). The average Bonchev–Trinajstić information content (AvgIpc) is 2.88. The normalized spacial score (nSPS) is 15.8. The van der Waals surface area contributed by atoms with Gasteiger partial charge < -0.3 is 15.2 Å². The molecule has 0 spiro atoms. The van der Waals surface area contributed by atoms with Crippen molar-refractivity contribution in [3.8, 4) is 0 Å². The van der Waals surface area contributed by atoms with Crippen molar-refractivity contribution in [3.63, 3.8) is 0 Å². The van der Waals surface area contributed by atoms with Crippen LogP contribution in [0, 0.1) is 0 Å². The minimum atomic E-state index is -3.65. The first-order valence-electron chi connectivity index (χ1n) is 7.24. The lowest BCUT2D eigenvalue weighted by atomic mass is 10.2. The van der Waals surface area contributed by atoms with Crippen molar-refractivity contribution in [2.24, 2.45) is 0 Å². The summed E-state index contributed by atoms with van der Waals surface area (Å²) >= 11 is 12.0. The third kappa shape index (κ3) is 2.79. The van der Waals surface area contributed by atoms with Crippen LogP contribution in [0.1, 0.15) is 0 Å². The van der Waals surface area contributed by atoms with Crippen molar-refractivity contribution in [1.29, 1.82) is 0 Å². The Labute approximate surface area is 150 Å². The van der Waals surface area contributed by atoms with Gasteiger partial charge in [-0.3, -0.25) is 4.79 Å². The van der Waals surface area contributed by atoms with Crippen LogP contribution in [0.4, 0.5) is 25.8 Å². The number of halogens is 4. The van der Waals surface area contributed by atoms with Crippen molar-refractivity contribution in [1.82, 2.24) is 9.55 Å². The van der Waals surface area contributed by atoms with Crippen molar-refractivity contribution in [3.05, 3.63) is 46.7 Å². The van der Waals surface area contributed by atoms with E-state index in [1.807, 2.05) is 5.32 Å². The molecule has 1 aliphatic heterocycles. The second-order valence-electron chi connectivity index (χ2n) is 5.64. The Balaban J connectivity index is 1.80. The average molecular weight is 383 g/mol. The molecule has 128 valence electrons. The third-order valence-electron chi connectivity index (χ3n) is 3.88. The number of imidazole rings is 1. The molecular formula is C16H10Cl2F2N4O. The lowest BCUT2D eigenvalue weighted by Crippen LogP contribution is -2.37. The van der Waals surface area contributed by atoms with Gasteiger partial charge in [-0.1, -0.05) is 23.2 Å². The highest BCUT2D eigenvalue weighted by Gasteiger charge is 2.41. The topological polar surface area (TPSA) is 59.0 Å². The number of nitrogens with one attached hydrogen (secondary N) is 2. The van der Waals surface area contributed by atoms with Gasteiger partial charge in [0.2, 0.25) is 5.78 Å². The Hall–Kier alpha value is -2.38. The molecule has 0 aliphatic carbocycles. The van der Waals surface area contributed by atoms with Crippen LogP contribution in [0.3, 0.4) is 0 Å². The number of hydrogen-bond acceptors (Lipinski definition) is 4. The number of aromatic nitrogens is 2. The molecule has 0 saturated carbocycles. The van der Waals surface area contributed by atoms with Crippen molar-refractivity contribution in [2.75, 3.05) is 10.6 Å². The summed E-state index contributed by atoms with van der Waals surface area (Å²) in [5.41, 5.74) is 2.09.